The third-order valence-corrected chi connectivity index (χ3v) is 7.37. The van der Waals surface area contributed by atoms with E-state index < -0.39 is 14.3 Å². The Labute approximate surface area is 219 Å². The van der Waals surface area contributed by atoms with Crippen molar-refractivity contribution in [3.05, 3.63) is 41.7 Å². The van der Waals surface area contributed by atoms with Gasteiger partial charge in [0.1, 0.15) is 24.4 Å². The van der Waals surface area contributed by atoms with Crippen LogP contribution in [-0.2, 0) is 25.3 Å². The van der Waals surface area contributed by atoms with Crippen LogP contribution < -0.4 is 21.0 Å². The number of aromatic nitrogens is 2. The fraction of sp³-hybridized carbons (Fsp3) is 0.520. The monoisotopic (exact) mass is 529 g/mol. The van der Waals surface area contributed by atoms with Gasteiger partial charge in [-0.05, 0) is 52.5 Å². The summed E-state index contributed by atoms with van der Waals surface area (Å²) in [6.07, 6.45) is 4.25. The number of nitrogens with one attached hydrogen (secondary N) is 2. The molecule has 1 unspecified atom stereocenters. The van der Waals surface area contributed by atoms with Crippen molar-refractivity contribution in [2.45, 2.75) is 65.2 Å². The minimum absolute atomic E-state index is 0.152. The van der Waals surface area contributed by atoms with E-state index in [2.05, 4.69) is 42.6 Å². The molecule has 0 amide bonds. The predicted octanol–water partition coefficient (Wildman–Crippen LogP) is 3.61. The number of carbonyl (C=O) groups is 1. The maximum Gasteiger partial charge on any atom is 0.323 e. The molecule has 1 aliphatic carbocycles. The molecule has 12 heteroatoms. The van der Waals surface area contributed by atoms with E-state index in [1.807, 2.05) is 32.9 Å². The number of aryl methyl sites for hydroxylation is 1. The molecule has 11 nitrogen and oxygen atoms in total. The minimum Gasteiger partial charge on any atom is -0.462 e. The molecule has 2 aliphatic rings. The third kappa shape index (κ3) is 7.06. The predicted molar refractivity (Wildman–Crippen MR) is 145 cm³/mol. The lowest BCUT2D eigenvalue weighted by atomic mass is 9.90. The number of hydrogen-bond acceptors (Lipinski definition) is 11. The number of nitrogen functional groups attached to an aromatic ring is 1. The Morgan fingerprint density at radius 2 is 2.05 bits per heavy atom. The minimum atomic E-state index is -1.42. The lowest BCUT2D eigenvalue weighted by molar-refractivity contribution is -0.148. The first-order valence-electron chi connectivity index (χ1n) is 12.6. The average Bonchev–Trinajstić information content (AvgIpc) is 3.29. The molecule has 0 radical (unpaired) electrons. The number of rotatable bonds is 11. The van der Waals surface area contributed by atoms with E-state index in [9.17, 15) is 4.79 Å². The number of esters is 1. The van der Waals surface area contributed by atoms with Crippen LogP contribution in [0.15, 0.2) is 35.7 Å². The van der Waals surface area contributed by atoms with Gasteiger partial charge in [-0.15, -0.1) is 0 Å². The summed E-state index contributed by atoms with van der Waals surface area (Å²) in [7, 11) is -1.42. The first-order chi connectivity index (χ1) is 17.8. The number of anilines is 3. The van der Waals surface area contributed by atoms with Crippen molar-refractivity contribution in [2.75, 3.05) is 35.5 Å². The zero-order valence-electron chi connectivity index (χ0n) is 21.8. The topological polar surface area (TPSA) is 136 Å². The highest BCUT2D eigenvalue weighted by Gasteiger charge is 2.27. The summed E-state index contributed by atoms with van der Waals surface area (Å²) in [5, 5.41) is 11.0. The van der Waals surface area contributed by atoms with Crippen LogP contribution in [0.4, 0.5) is 17.3 Å². The van der Waals surface area contributed by atoms with Crippen molar-refractivity contribution in [3.8, 4) is 0 Å². The van der Waals surface area contributed by atoms with Crippen LogP contribution in [0.5, 0.6) is 0 Å². The van der Waals surface area contributed by atoms with Crippen LogP contribution in [-0.4, -0.2) is 59.5 Å². The second-order valence-corrected chi connectivity index (χ2v) is 10.9. The number of fused-ring (bicyclic) bond motifs is 2. The van der Waals surface area contributed by atoms with Crippen molar-refractivity contribution >= 4 is 37.3 Å². The molecule has 2 heterocycles. The van der Waals surface area contributed by atoms with E-state index in [0.717, 1.165) is 42.0 Å². The van der Waals surface area contributed by atoms with Crippen molar-refractivity contribution in [2.24, 2.45) is 5.16 Å². The Morgan fingerprint density at radius 3 is 2.86 bits per heavy atom. The molecule has 0 bridgehead atoms. The fourth-order valence-corrected chi connectivity index (χ4v) is 5.53. The maximum absolute atomic E-state index is 12.4. The Kier molecular flexibility index (Phi) is 9.13. The molecule has 3 atom stereocenters. The highest BCUT2D eigenvalue weighted by atomic mass is 31.2. The molecule has 37 heavy (non-hydrogen) atoms. The van der Waals surface area contributed by atoms with Crippen LogP contribution in [0.25, 0.3) is 0 Å². The largest absolute Gasteiger partial charge is 0.462 e. The quantitative estimate of drug-likeness (QED) is 0.225. The zero-order chi connectivity index (χ0) is 26.4. The van der Waals surface area contributed by atoms with E-state index in [1.165, 1.54) is 11.9 Å². The molecule has 0 saturated heterocycles. The van der Waals surface area contributed by atoms with E-state index in [-0.39, 0.29) is 24.5 Å². The normalized spacial score (nSPS) is 18.1. The summed E-state index contributed by atoms with van der Waals surface area (Å²) in [6.45, 7) is 8.55. The molecule has 4 N–H and O–H groups in total. The van der Waals surface area contributed by atoms with Crippen LogP contribution >= 0.6 is 8.30 Å². The van der Waals surface area contributed by atoms with Crippen molar-refractivity contribution in [1.29, 1.82) is 0 Å². The second-order valence-electron chi connectivity index (χ2n) is 9.47. The highest BCUT2D eigenvalue weighted by Crippen LogP contribution is 2.36. The number of oxime groups is 1. The van der Waals surface area contributed by atoms with Crippen LogP contribution in [0.1, 0.15) is 51.7 Å². The van der Waals surface area contributed by atoms with Gasteiger partial charge in [-0.1, -0.05) is 29.4 Å². The van der Waals surface area contributed by atoms with Gasteiger partial charge >= 0.3 is 5.97 Å². The molecular weight excluding hydrogens is 493 g/mol. The summed E-state index contributed by atoms with van der Waals surface area (Å²) < 4.78 is 17.5. The van der Waals surface area contributed by atoms with Crippen LogP contribution in [0.3, 0.4) is 0 Å². The Bertz CT molecular complexity index is 1120. The Hall–Kier alpha value is -3.01. The lowest BCUT2D eigenvalue weighted by Gasteiger charge is -2.25. The number of ether oxygens (including phenoxy) is 2. The summed E-state index contributed by atoms with van der Waals surface area (Å²) in [5.74, 6) is 0.840. The van der Waals surface area contributed by atoms with Gasteiger partial charge in [0.05, 0.1) is 24.6 Å². The average molecular weight is 530 g/mol. The van der Waals surface area contributed by atoms with Crippen LogP contribution in [0, 0.1) is 0 Å². The van der Waals surface area contributed by atoms with Gasteiger partial charge in [-0.2, -0.15) is 0 Å². The number of carbonyl (C=O) groups excluding carboxylic acids is 1. The second kappa shape index (κ2) is 12.5. The van der Waals surface area contributed by atoms with Gasteiger partial charge in [0.15, 0.2) is 11.6 Å². The molecule has 1 aromatic carbocycles. The highest BCUT2D eigenvalue weighted by molar-refractivity contribution is 7.50. The van der Waals surface area contributed by atoms with Crippen molar-refractivity contribution < 1.29 is 18.9 Å². The zero-order valence-corrected chi connectivity index (χ0v) is 22.7. The molecule has 1 aromatic heterocycles. The standard InChI is InChI=1S/C25H36N7O4P/c1-16(2)35-25(33)18(4)31-37(36-30-21-11-7-9-19-8-5-6-10-20(19)21)15-34-17(3)12-32-14-29-22-23(26)27-13-28-24(22)32/h5-6,8,10,13,16-18,29,31H,7,9,11-12,14-15H2,1-4H3,(H2,26,27,28)/b30-21+/t17-,18+,37?/m1/s1. The summed E-state index contributed by atoms with van der Waals surface area (Å²) >= 11 is 0. The molecule has 1 aliphatic heterocycles. The van der Waals surface area contributed by atoms with Gasteiger partial charge in [0.2, 0.25) is 8.30 Å². The molecular formula is C25H36N7O4P. The van der Waals surface area contributed by atoms with Crippen LogP contribution in [0.2, 0.25) is 0 Å². The van der Waals surface area contributed by atoms with E-state index >= 15 is 0 Å². The maximum atomic E-state index is 12.4. The van der Waals surface area contributed by atoms with Gasteiger partial charge in [-0.3, -0.25) is 4.79 Å². The lowest BCUT2D eigenvalue weighted by Crippen LogP contribution is -2.36. The molecule has 200 valence electrons. The molecule has 0 fully saturated rings. The first kappa shape index (κ1) is 27.0. The first-order valence-corrected chi connectivity index (χ1v) is 14.0. The molecule has 0 spiro atoms. The van der Waals surface area contributed by atoms with Gasteiger partial charge in [-0.25, -0.2) is 15.1 Å². The number of benzene rings is 1. The van der Waals surface area contributed by atoms with E-state index in [0.29, 0.717) is 19.0 Å². The number of nitrogens with two attached hydrogens (primary N) is 1. The smallest absolute Gasteiger partial charge is 0.323 e. The van der Waals surface area contributed by atoms with Gasteiger partial charge in [0.25, 0.3) is 0 Å². The Balaban J connectivity index is 1.40. The van der Waals surface area contributed by atoms with Gasteiger partial charge in [0, 0.05) is 12.1 Å². The summed E-state index contributed by atoms with van der Waals surface area (Å²) in [4.78, 5) is 22.9. The van der Waals surface area contributed by atoms with E-state index in [4.69, 9.17) is 19.8 Å². The SMILES string of the molecule is CC(C)OC(=O)[C@H](C)NP(CO[C@H](C)CN1CNc2c(N)ncnc21)O/N=C1\CCCc2ccccc21. The van der Waals surface area contributed by atoms with Crippen molar-refractivity contribution in [3.63, 3.8) is 0 Å². The number of nitrogens with zero attached hydrogens (tertiary/aromatic N) is 4. The molecule has 0 saturated carbocycles. The van der Waals surface area contributed by atoms with E-state index in [1.54, 1.807) is 6.92 Å². The molecule has 2 aromatic rings. The fourth-order valence-electron chi connectivity index (χ4n) is 4.24. The summed E-state index contributed by atoms with van der Waals surface area (Å²) in [6, 6.07) is 7.69. The molecule has 4 rings (SSSR count). The summed E-state index contributed by atoms with van der Waals surface area (Å²) in [5.41, 5.74) is 9.99. The van der Waals surface area contributed by atoms with Crippen molar-refractivity contribution in [1.82, 2.24) is 15.1 Å². The number of hydrogen-bond donors (Lipinski definition) is 3. The van der Waals surface area contributed by atoms with Gasteiger partial charge < -0.3 is 30.0 Å². The Morgan fingerprint density at radius 1 is 1.24 bits per heavy atom. The third-order valence-electron chi connectivity index (χ3n) is 6.04.